The molecule has 1 aromatic heterocycles. The zero-order valence-corrected chi connectivity index (χ0v) is 5.07. The van der Waals surface area contributed by atoms with Crippen LogP contribution < -0.4 is 11.4 Å². The molecule has 1 aromatic rings. The van der Waals surface area contributed by atoms with E-state index in [4.69, 9.17) is 0 Å². The molecule has 5 nitrogen and oxygen atoms in total. The van der Waals surface area contributed by atoms with Gasteiger partial charge in [-0.25, -0.2) is 19.0 Å². The SMILES string of the molecule is O=c1[nH]c(=O)n2n1C1CC12. The monoisotopic (exact) mass is 139 g/mol. The molecule has 0 radical (unpaired) electrons. The number of nitrogens with one attached hydrogen (secondary N) is 1. The van der Waals surface area contributed by atoms with E-state index >= 15 is 0 Å². The van der Waals surface area contributed by atoms with Gasteiger partial charge in [0.25, 0.3) is 0 Å². The number of hydrogen-bond donors (Lipinski definition) is 1. The van der Waals surface area contributed by atoms with Crippen LogP contribution in [0.2, 0.25) is 0 Å². The summed E-state index contributed by atoms with van der Waals surface area (Å²) in [5.41, 5.74) is -0.521. The topological polar surface area (TPSA) is 59.8 Å². The molecule has 1 aliphatic carbocycles. The number of rotatable bonds is 0. The summed E-state index contributed by atoms with van der Waals surface area (Å²) >= 11 is 0. The van der Waals surface area contributed by atoms with Crippen LogP contribution in [-0.2, 0) is 0 Å². The van der Waals surface area contributed by atoms with E-state index in [0.717, 1.165) is 6.42 Å². The second-order valence-electron chi connectivity index (χ2n) is 2.79. The Bertz CT molecular complexity index is 373. The zero-order valence-electron chi connectivity index (χ0n) is 5.07. The molecule has 2 unspecified atom stereocenters. The number of aromatic nitrogens is 3. The van der Waals surface area contributed by atoms with Crippen molar-refractivity contribution >= 4 is 0 Å². The van der Waals surface area contributed by atoms with Gasteiger partial charge in [0.1, 0.15) is 0 Å². The van der Waals surface area contributed by atoms with Crippen LogP contribution in [-0.4, -0.2) is 14.3 Å². The predicted molar refractivity (Wildman–Crippen MR) is 32.0 cm³/mol. The summed E-state index contributed by atoms with van der Waals surface area (Å²) in [6.07, 6.45) is 0.971. The standard InChI is InChI=1S/C5H5N3O2/c9-4-6-5(10)8-3-1-2(3)7(4)8/h2-3H,1H2,(H,6,9,10). The van der Waals surface area contributed by atoms with E-state index in [0.29, 0.717) is 12.1 Å². The fourth-order valence-corrected chi connectivity index (χ4v) is 1.65. The molecule has 2 aliphatic rings. The van der Waals surface area contributed by atoms with E-state index in [2.05, 4.69) is 4.98 Å². The van der Waals surface area contributed by atoms with Crippen LogP contribution in [0.3, 0.4) is 0 Å². The van der Waals surface area contributed by atoms with Crippen molar-refractivity contribution in [3.05, 3.63) is 21.0 Å². The van der Waals surface area contributed by atoms with Crippen LogP contribution in [0.1, 0.15) is 18.5 Å². The first kappa shape index (κ1) is 4.54. The van der Waals surface area contributed by atoms with Crippen LogP contribution >= 0.6 is 0 Å². The quantitative estimate of drug-likeness (QED) is 0.492. The summed E-state index contributed by atoms with van der Waals surface area (Å²) in [7, 11) is 0. The van der Waals surface area contributed by atoms with Crippen molar-refractivity contribution in [1.29, 1.82) is 0 Å². The van der Waals surface area contributed by atoms with Gasteiger partial charge in [0.05, 0.1) is 12.1 Å². The third-order valence-corrected chi connectivity index (χ3v) is 2.21. The van der Waals surface area contributed by atoms with Crippen LogP contribution in [0.4, 0.5) is 0 Å². The third-order valence-electron chi connectivity index (χ3n) is 2.21. The van der Waals surface area contributed by atoms with Crippen molar-refractivity contribution in [2.45, 2.75) is 18.5 Å². The van der Waals surface area contributed by atoms with Crippen molar-refractivity contribution in [2.75, 3.05) is 0 Å². The lowest BCUT2D eigenvalue weighted by Gasteiger charge is -2.15. The van der Waals surface area contributed by atoms with E-state index in [-0.39, 0.29) is 11.4 Å². The highest BCUT2D eigenvalue weighted by Gasteiger charge is 2.54. The molecule has 1 aliphatic heterocycles. The summed E-state index contributed by atoms with van der Waals surface area (Å²) in [6.45, 7) is 0. The van der Waals surface area contributed by atoms with Gasteiger partial charge in [0.2, 0.25) is 0 Å². The summed E-state index contributed by atoms with van der Waals surface area (Å²) in [4.78, 5) is 23.9. The number of H-pyrrole nitrogens is 1. The Labute approximate surface area is 54.9 Å². The van der Waals surface area contributed by atoms with Crippen molar-refractivity contribution in [2.24, 2.45) is 0 Å². The summed E-state index contributed by atoms with van der Waals surface area (Å²) in [5.74, 6) is 0. The van der Waals surface area contributed by atoms with Crippen LogP contribution in [0.5, 0.6) is 0 Å². The molecule has 1 N–H and O–H groups in total. The molecule has 0 bridgehead atoms. The fraction of sp³-hybridized carbons (Fsp3) is 0.600. The number of aromatic amines is 1. The molecule has 0 aromatic carbocycles. The molecule has 5 heteroatoms. The maximum absolute atomic E-state index is 10.8. The lowest BCUT2D eigenvalue weighted by molar-refractivity contribution is 0.333. The van der Waals surface area contributed by atoms with Gasteiger partial charge < -0.3 is 0 Å². The average molecular weight is 139 g/mol. The maximum atomic E-state index is 10.8. The molecular formula is C5H5N3O2. The first-order chi connectivity index (χ1) is 4.79. The largest absolute Gasteiger partial charge is 0.344 e. The van der Waals surface area contributed by atoms with Crippen LogP contribution in [0.25, 0.3) is 0 Å². The van der Waals surface area contributed by atoms with E-state index in [9.17, 15) is 9.59 Å². The van der Waals surface area contributed by atoms with Gasteiger partial charge >= 0.3 is 11.4 Å². The zero-order chi connectivity index (χ0) is 6.88. The Kier molecular flexibility index (Phi) is 0.454. The minimum absolute atomic E-state index is 0.260. The molecule has 0 amide bonds. The lowest BCUT2D eigenvalue weighted by Crippen LogP contribution is -2.33. The molecular weight excluding hydrogens is 134 g/mol. The van der Waals surface area contributed by atoms with Crippen LogP contribution in [0.15, 0.2) is 9.59 Å². The Morgan fingerprint density at radius 1 is 1.20 bits per heavy atom. The summed E-state index contributed by atoms with van der Waals surface area (Å²) in [6, 6.07) is 0.679. The molecule has 1 fully saturated rings. The molecule has 52 valence electrons. The minimum atomic E-state index is -0.260. The van der Waals surface area contributed by atoms with E-state index < -0.39 is 0 Å². The van der Waals surface area contributed by atoms with Crippen molar-refractivity contribution in [3.8, 4) is 0 Å². The second kappa shape index (κ2) is 1.00. The number of nitrogens with zero attached hydrogens (tertiary/aromatic N) is 2. The van der Waals surface area contributed by atoms with E-state index in [1.807, 2.05) is 0 Å². The fourth-order valence-electron chi connectivity index (χ4n) is 1.65. The van der Waals surface area contributed by atoms with Gasteiger partial charge in [0.15, 0.2) is 0 Å². The van der Waals surface area contributed by atoms with Crippen LogP contribution in [0, 0.1) is 0 Å². The highest BCUT2D eigenvalue weighted by Crippen LogP contribution is 2.52. The Morgan fingerprint density at radius 3 is 2.20 bits per heavy atom. The van der Waals surface area contributed by atoms with Gasteiger partial charge in [-0.2, -0.15) is 0 Å². The predicted octanol–water partition coefficient (Wildman–Crippen LogP) is -1.16. The Balaban J connectivity index is 2.54. The average Bonchev–Trinajstić information content (AvgIpc) is 2.37. The summed E-state index contributed by atoms with van der Waals surface area (Å²) in [5, 5.41) is 0. The first-order valence-corrected chi connectivity index (χ1v) is 3.22. The Hall–Kier alpha value is -1.26. The number of fused-ring (bicyclic) bond motifs is 4. The highest BCUT2D eigenvalue weighted by atomic mass is 16.2. The maximum Gasteiger partial charge on any atom is 0.344 e. The Morgan fingerprint density at radius 2 is 1.70 bits per heavy atom. The smallest absolute Gasteiger partial charge is 0.257 e. The minimum Gasteiger partial charge on any atom is -0.257 e. The van der Waals surface area contributed by atoms with Gasteiger partial charge in [-0.05, 0) is 6.42 Å². The van der Waals surface area contributed by atoms with Crippen molar-refractivity contribution < 1.29 is 0 Å². The second-order valence-corrected chi connectivity index (χ2v) is 2.79. The normalized spacial score (nSPS) is 32.4. The molecule has 0 saturated heterocycles. The van der Waals surface area contributed by atoms with Gasteiger partial charge in [0, 0.05) is 0 Å². The summed E-state index contributed by atoms with van der Waals surface area (Å²) < 4.78 is 2.99. The molecule has 10 heavy (non-hydrogen) atoms. The van der Waals surface area contributed by atoms with E-state index in [1.54, 1.807) is 0 Å². The molecule has 2 heterocycles. The molecule has 1 saturated carbocycles. The van der Waals surface area contributed by atoms with Gasteiger partial charge in [-0.3, -0.25) is 4.98 Å². The molecule has 3 rings (SSSR count). The molecule has 0 spiro atoms. The molecule has 2 atom stereocenters. The first-order valence-electron chi connectivity index (χ1n) is 3.22. The van der Waals surface area contributed by atoms with Crippen molar-refractivity contribution in [1.82, 2.24) is 14.3 Å². The highest BCUT2D eigenvalue weighted by molar-refractivity contribution is 5.05. The van der Waals surface area contributed by atoms with Gasteiger partial charge in [-0.1, -0.05) is 0 Å². The van der Waals surface area contributed by atoms with Crippen molar-refractivity contribution in [3.63, 3.8) is 0 Å². The van der Waals surface area contributed by atoms with E-state index in [1.165, 1.54) is 9.36 Å². The lowest BCUT2D eigenvalue weighted by atomic mass is 10.5. The third kappa shape index (κ3) is 0.269. The van der Waals surface area contributed by atoms with Gasteiger partial charge in [-0.15, -0.1) is 0 Å². The number of hydrogen-bond acceptors (Lipinski definition) is 2.